The number of anilines is 1. The Labute approximate surface area is 102 Å². The van der Waals surface area contributed by atoms with Crippen LogP contribution in [-0.2, 0) is 0 Å². The van der Waals surface area contributed by atoms with Gasteiger partial charge >= 0.3 is 0 Å². The summed E-state index contributed by atoms with van der Waals surface area (Å²) in [5.41, 5.74) is 0.811. The van der Waals surface area contributed by atoms with Crippen LogP contribution in [0, 0.1) is 17.1 Å². The third kappa shape index (κ3) is 4.04. The highest BCUT2D eigenvalue weighted by Crippen LogP contribution is 2.15. The van der Waals surface area contributed by atoms with Crippen LogP contribution in [0.3, 0.4) is 0 Å². The van der Waals surface area contributed by atoms with Gasteiger partial charge in [-0.2, -0.15) is 5.26 Å². The third-order valence-corrected chi connectivity index (χ3v) is 2.56. The predicted octanol–water partition coefficient (Wildman–Crippen LogP) is 2.15. The zero-order valence-electron chi connectivity index (χ0n) is 10.3. The van der Waals surface area contributed by atoms with Gasteiger partial charge in [-0.1, -0.05) is 13.0 Å². The Morgan fingerprint density at radius 1 is 1.47 bits per heavy atom. The number of hydrogen-bond donors (Lipinski definition) is 1. The average molecular weight is 235 g/mol. The van der Waals surface area contributed by atoms with Crippen molar-refractivity contribution in [3.63, 3.8) is 0 Å². The molecule has 0 aliphatic heterocycles. The standard InChI is InChI=1S/C13H18FN3/c1-3-16-12(9-15)10-17(4-2)13-7-5-6-11(14)8-13/h5-8,12,16H,3-4,10H2,1-2H3. The maximum absolute atomic E-state index is 13.1. The van der Waals surface area contributed by atoms with Crippen molar-refractivity contribution in [1.29, 1.82) is 5.26 Å². The molecule has 0 amide bonds. The molecule has 0 spiro atoms. The Kier molecular flexibility index (Phi) is 5.44. The van der Waals surface area contributed by atoms with E-state index in [1.165, 1.54) is 12.1 Å². The Morgan fingerprint density at radius 3 is 2.76 bits per heavy atom. The summed E-state index contributed by atoms with van der Waals surface area (Å²) in [6.45, 7) is 6.00. The molecule has 0 aliphatic carbocycles. The van der Waals surface area contributed by atoms with Crippen molar-refractivity contribution in [2.75, 3.05) is 24.5 Å². The monoisotopic (exact) mass is 235 g/mol. The van der Waals surface area contributed by atoms with Gasteiger partial charge in [0.15, 0.2) is 0 Å². The first-order valence-electron chi connectivity index (χ1n) is 5.84. The fraction of sp³-hybridized carbons (Fsp3) is 0.462. The second-order valence-electron chi connectivity index (χ2n) is 3.76. The van der Waals surface area contributed by atoms with Crippen LogP contribution in [0.5, 0.6) is 0 Å². The Morgan fingerprint density at radius 2 is 2.24 bits per heavy atom. The molecular weight excluding hydrogens is 217 g/mol. The summed E-state index contributed by atoms with van der Waals surface area (Å²) in [5, 5.41) is 12.1. The molecule has 1 atom stereocenters. The second-order valence-corrected chi connectivity index (χ2v) is 3.76. The highest BCUT2D eigenvalue weighted by atomic mass is 19.1. The van der Waals surface area contributed by atoms with Crippen LogP contribution >= 0.6 is 0 Å². The minimum absolute atomic E-state index is 0.233. The Balaban J connectivity index is 2.75. The van der Waals surface area contributed by atoms with Gasteiger partial charge in [-0.05, 0) is 31.7 Å². The third-order valence-electron chi connectivity index (χ3n) is 2.56. The summed E-state index contributed by atoms with van der Waals surface area (Å²) in [6.07, 6.45) is 0. The maximum atomic E-state index is 13.1. The maximum Gasteiger partial charge on any atom is 0.125 e. The van der Waals surface area contributed by atoms with E-state index in [0.717, 1.165) is 18.8 Å². The first-order valence-corrected chi connectivity index (χ1v) is 5.84. The lowest BCUT2D eigenvalue weighted by atomic mass is 10.2. The lowest BCUT2D eigenvalue weighted by Gasteiger charge is -2.25. The lowest BCUT2D eigenvalue weighted by molar-refractivity contribution is 0.601. The van der Waals surface area contributed by atoms with Crippen LogP contribution < -0.4 is 10.2 Å². The van der Waals surface area contributed by atoms with E-state index in [9.17, 15) is 4.39 Å². The first-order chi connectivity index (χ1) is 8.21. The average Bonchev–Trinajstić information content (AvgIpc) is 2.34. The smallest absolute Gasteiger partial charge is 0.125 e. The van der Waals surface area contributed by atoms with E-state index in [-0.39, 0.29) is 11.9 Å². The number of hydrogen-bond acceptors (Lipinski definition) is 3. The van der Waals surface area contributed by atoms with Crippen LogP contribution in [0.15, 0.2) is 24.3 Å². The molecule has 3 nitrogen and oxygen atoms in total. The molecule has 1 N–H and O–H groups in total. The van der Waals surface area contributed by atoms with Crippen LogP contribution in [-0.4, -0.2) is 25.7 Å². The van der Waals surface area contributed by atoms with Gasteiger partial charge in [-0.15, -0.1) is 0 Å². The minimum Gasteiger partial charge on any atom is -0.369 e. The van der Waals surface area contributed by atoms with Gasteiger partial charge in [-0.3, -0.25) is 0 Å². The van der Waals surface area contributed by atoms with Crippen molar-refractivity contribution in [2.45, 2.75) is 19.9 Å². The van der Waals surface area contributed by atoms with Crippen molar-refractivity contribution in [1.82, 2.24) is 5.32 Å². The normalized spacial score (nSPS) is 11.9. The molecule has 0 heterocycles. The number of halogens is 1. The van der Waals surface area contributed by atoms with Crippen LogP contribution in [0.2, 0.25) is 0 Å². The fourth-order valence-electron chi connectivity index (χ4n) is 1.71. The Bertz CT molecular complexity index is 386. The molecule has 1 aromatic rings. The van der Waals surface area contributed by atoms with Gasteiger partial charge in [0.1, 0.15) is 11.9 Å². The van der Waals surface area contributed by atoms with E-state index < -0.39 is 0 Å². The van der Waals surface area contributed by atoms with Crippen molar-refractivity contribution in [2.24, 2.45) is 0 Å². The van der Waals surface area contributed by atoms with E-state index in [2.05, 4.69) is 11.4 Å². The fourth-order valence-corrected chi connectivity index (χ4v) is 1.71. The highest BCUT2D eigenvalue weighted by molar-refractivity contribution is 5.46. The zero-order chi connectivity index (χ0) is 12.7. The van der Waals surface area contributed by atoms with E-state index in [4.69, 9.17) is 5.26 Å². The molecule has 0 saturated heterocycles. The topological polar surface area (TPSA) is 39.1 Å². The van der Waals surface area contributed by atoms with Crippen LogP contribution in [0.25, 0.3) is 0 Å². The second kappa shape index (κ2) is 6.87. The molecule has 0 saturated carbocycles. The van der Waals surface area contributed by atoms with E-state index >= 15 is 0 Å². The van der Waals surface area contributed by atoms with Gasteiger partial charge in [0.05, 0.1) is 6.07 Å². The van der Waals surface area contributed by atoms with Gasteiger partial charge < -0.3 is 10.2 Å². The lowest BCUT2D eigenvalue weighted by Crippen LogP contribution is -2.40. The molecule has 0 aromatic heterocycles. The van der Waals surface area contributed by atoms with E-state index in [1.54, 1.807) is 6.07 Å². The summed E-state index contributed by atoms with van der Waals surface area (Å²) in [5.74, 6) is -0.252. The van der Waals surface area contributed by atoms with Crippen molar-refractivity contribution in [3.05, 3.63) is 30.1 Å². The Hall–Kier alpha value is -1.60. The van der Waals surface area contributed by atoms with Crippen LogP contribution in [0.1, 0.15) is 13.8 Å². The number of benzene rings is 1. The van der Waals surface area contributed by atoms with Gasteiger partial charge in [0.2, 0.25) is 0 Å². The molecule has 0 bridgehead atoms. The molecule has 17 heavy (non-hydrogen) atoms. The summed E-state index contributed by atoms with van der Waals surface area (Å²) >= 11 is 0. The minimum atomic E-state index is -0.252. The SMILES string of the molecule is CCNC(C#N)CN(CC)c1cccc(F)c1. The van der Waals surface area contributed by atoms with Crippen molar-refractivity contribution < 1.29 is 4.39 Å². The van der Waals surface area contributed by atoms with E-state index in [0.29, 0.717) is 6.54 Å². The molecule has 1 unspecified atom stereocenters. The summed E-state index contributed by atoms with van der Waals surface area (Å²) in [7, 11) is 0. The highest BCUT2D eigenvalue weighted by Gasteiger charge is 2.12. The van der Waals surface area contributed by atoms with E-state index in [1.807, 2.05) is 24.8 Å². The zero-order valence-corrected chi connectivity index (χ0v) is 10.3. The van der Waals surface area contributed by atoms with Gasteiger partial charge in [-0.25, -0.2) is 4.39 Å². The van der Waals surface area contributed by atoms with Gasteiger partial charge in [0.25, 0.3) is 0 Å². The molecular formula is C13H18FN3. The molecule has 1 rings (SSSR count). The summed E-state index contributed by atoms with van der Waals surface area (Å²) < 4.78 is 13.1. The number of nitrogens with one attached hydrogen (secondary N) is 1. The molecule has 1 aromatic carbocycles. The summed E-state index contributed by atoms with van der Waals surface area (Å²) in [6, 6.07) is 8.42. The number of nitrogens with zero attached hydrogens (tertiary/aromatic N) is 2. The number of nitriles is 1. The van der Waals surface area contributed by atoms with Crippen molar-refractivity contribution in [3.8, 4) is 6.07 Å². The molecule has 92 valence electrons. The molecule has 0 aliphatic rings. The number of likely N-dealkylation sites (N-methyl/N-ethyl adjacent to an activating group) is 2. The van der Waals surface area contributed by atoms with Crippen molar-refractivity contribution >= 4 is 5.69 Å². The first kappa shape index (κ1) is 13.5. The molecule has 0 radical (unpaired) electrons. The quantitative estimate of drug-likeness (QED) is 0.821. The molecule has 4 heteroatoms. The molecule has 0 fully saturated rings. The number of rotatable bonds is 6. The van der Waals surface area contributed by atoms with Crippen LogP contribution in [0.4, 0.5) is 10.1 Å². The predicted molar refractivity (Wildman–Crippen MR) is 67.4 cm³/mol. The summed E-state index contributed by atoms with van der Waals surface area (Å²) in [4.78, 5) is 1.99. The van der Waals surface area contributed by atoms with Gasteiger partial charge in [0, 0.05) is 18.8 Å². The largest absolute Gasteiger partial charge is 0.369 e.